The van der Waals surface area contributed by atoms with Crippen LogP contribution in [0.3, 0.4) is 0 Å². The highest BCUT2D eigenvalue weighted by atomic mass is 35.5. The van der Waals surface area contributed by atoms with Crippen molar-refractivity contribution in [2.75, 3.05) is 20.0 Å². The van der Waals surface area contributed by atoms with Crippen molar-refractivity contribution < 1.29 is 20.4 Å². The molecule has 4 aliphatic heterocycles. The van der Waals surface area contributed by atoms with Crippen molar-refractivity contribution in [2.45, 2.75) is 0 Å². The minimum atomic E-state index is 0. The normalized spacial score (nSPS) is 12.3. The van der Waals surface area contributed by atoms with Crippen LogP contribution in [0.15, 0.2) is 400 Å². The summed E-state index contributed by atoms with van der Waals surface area (Å²) in [5, 5.41) is 14.2. The fourth-order valence-electron chi connectivity index (χ4n) is 16.9. The monoisotopic (exact) mass is 1500 g/mol. The second-order valence-electron chi connectivity index (χ2n) is 29.0. The molecule has 18 aromatic carbocycles. The van der Waals surface area contributed by atoms with E-state index < -0.39 is 0 Å². The Labute approximate surface area is 669 Å². The van der Waals surface area contributed by atoms with Crippen LogP contribution in [0.2, 0.25) is 5.02 Å². The molecule has 0 saturated heterocycles. The largest absolute Gasteiger partial charge is 0.453 e. The lowest BCUT2D eigenvalue weighted by atomic mass is 10.0. The molecular formula is C104H69ClN6O4. The van der Waals surface area contributed by atoms with Crippen molar-refractivity contribution in [3.8, 4) is 79.6 Å². The number of para-hydroxylation sites is 10. The van der Waals surface area contributed by atoms with Gasteiger partial charge in [-0.05, 0) is 238 Å². The minimum absolute atomic E-state index is 0. The van der Waals surface area contributed by atoms with Crippen molar-refractivity contribution in [3.05, 3.63) is 405 Å². The van der Waals surface area contributed by atoms with Gasteiger partial charge in [0, 0.05) is 67.8 Å². The van der Waals surface area contributed by atoms with Gasteiger partial charge in [-0.3, -0.25) is 9.80 Å². The van der Waals surface area contributed by atoms with Crippen LogP contribution >= 0.6 is 11.6 Å². The number of benzene rings is 18. The average molecular weight is 1500 g/mol. The summed E-state index contributed by atoms with van der Waals surface area (Å²) in [6.07, 6.45) is 0. The summed E-state index contributed by atoms with van der Waals surface area (Å²) in [5.74, 6) is 6.42. The maximum atomic E-state index is 6.46. The van der Waals surface area contributed by atoms with E-state index in [0.29, 0.717) is 0 Å². The molecule has 0 aliphatic carbocycles. The maximum Gasteiger partial charge on any atom is 0.155 e. The lowest BCUT2D eigenvalue weighted by Crippen LogP contribution is -2.20. The van der Waals surface area contributed by atoms with Gasteiger partial charge < -0.3 is 38.3 Å². The van der Waals surface area contributed by atoms with Crippen molar-refractivity contribution in [2.24, 2.45) is 0 Å². The lowest BCUT2D eigenvalue weighted by Gasteiger charge is -2.37. The van der Waals surface area contributed by atoms with E-state index in [1.54, 1.807) is 0 Å². The van der Waals surface area contributed by atoms with Crippen LogP contribution < -0.4 is 39.0 Å². The number of halogens is 1. The lowest BCUT2D eigenvalue weighted by molar-refractivity contribution is 0.445. The highest BCUT2D eigenvalue weighted by Gasteiger charge is 2.37. The molecule has 115 heavy (non-hydrogen) atoms. The average Bonchev–Trinajstić information content (AvgIpc) is 1.11. The minimum Gasteiger partial charge on any atom is -0.453 e. The van der Waals surface area contributed by atoms with Crippen LogP contribution in [-0.4, -0.2) is 9.13 Å². The van der Waals surface area contributed by atoms with Crippen molar-refractivity contribution in [1.82, 2.24) is 9.13 Å². The van der Waals surface area contributed by atoms with Crippen LogP contribution in [0.1, 0.15) is 1.43 Å². The third kappa shape index (κ3) is 11.7. The first-order valence-electron chi connectivity index (χ1n) is 38.5. The summed E-state index contributed by atoms with van der Waals surface area (Å²) in [6, 6.07) is 140. The van der Waals surface area contributed by atoms with E-state index >= 15 is 0 Å². The molecule has 4 aliphatic rings. The second kappa shape index (κ2) is 27.7. The smallest absolute Gasteiger partial charge is 0.155 e. The Hall–Kier alpha value is -15.2. The van der Waals surface area contributed by atoms with Gasteiger partial charge in [-0.25, -0.2) is 0 Å². The van der Waals surface area contributed by atoms with Crippen LogP contribution in [0.25, 0.3) is 98.8 Å². The second-order valence-corrected chi connectivity index (χ2v) is 29.4. The zero-order chi connectivity index (χ0) is 76.0. The third-order valence-electron chi connectivity index (χ3n) is 22.1. The number of fused-ring (bicyclic) bond motifs is 16. The van der Waals surface area contributed by atoms with Gasteiger partial charge in [-0.15, -0.1) is 0 Å². The maximum absolute atomic E-state index is 6.46. The van der Waals surface area contributed by atoms with Gasteiger partial charge in [0.15, 0.2) is 46.0 Å². The number of hydrogen-bond acceptors (Lipinski definition) is 8. The van der Waals surface area contributed by atoms with E-state index in [-0.39, 0.29) is 1.43 Å². The SMILES string of the molecule is Clc1ccc(-c2ccc3c(c2)N2c4ccccc4Oc4cccc(c42)O3)cc1.[2HH].c1ccc(-n2c3ccccc3c3cc(N(c4ccc(-c5ccc6c(c5)N5c7ccccc7Oc7cccc(c75)O6)cc4)c4ccc5ccccc5c4)ccc32)cc1.c1ccc(-n2c3ccccc3c3cc(Nc4ccc5ccccc5c4)ccc32)cc1. The number of hydrogen-bond donors (Lipinski definition) is 1. The van der Waals surface area contributed by atoms with E-state index in [1.807, 2.05) is 103 Å². The van der Waals surface area contributed by atoms with Gasteiger partial charge in [0.1, 0.15) is 11.4 Å². The Kier molecular flexibility index (Phi) is 16.0. The van der Waals surface area contributed by atoms with E-state index in [4.69, 9.17) is 30.5 Å². The predicted octanol–water partition coefficient (Wildman–Crippen LogP) is 30.4. The van der Waals surface area contributed by atoms with Crippen molar-refractivity contribution >= 4 is 139 Å². The fourth-order valence-corrected chi connectivity index (χ4v) is 17.0. The molecule has 0 radical (unpaired) electrons. The quantitative estimate of drug-likeness (QED) is 0.153. The topological polar surface area (TPSA) is 68.5 Å². The first-order chi connectivity index (χ1) is 56.9. The molecular weight excluding hydrogens is 1430 g/mol. The molecule has 0 fully saturated rings. The fraction of sp³-hybridized carbons (Fsp3) is 0. The van der Waals surface area contributed by atoms with E-state index in [2.05, 4.69) is 326 Å². The van der Waals surface area contributed by atoms with Crippen molar-refractivity contribution in [3.63, 3.8) is 0 Å². The molecule has 0 unspecified atom stereocenters. The van der Waals surface area contributed by atoms with Gasteiger partial charge in [0.25, 0.3) is 0 Å². The van der Waals surface area contributed by atoms with Crippen LogP contribution in [0.5, 0.6) is 46.0 Å². The first kappa shape index (κ1) is 66.7. The Balaban J connectivity index is 0.000000120. The number of nitrogens with one attached hydrogen (secondary N) is 1. The molecule has 0 bridgehead atoms. The summed E-state index contributed by atoms with van der Waals surface area (Å²) >= 11 is 6.06. The highest BCUT2D eigenvalue weighted by molar-refractivity contribution is 6.30. The van der Waals surface area contributed by atoms with E-state index in [0.717, 1.165) is 142 Å². The molecule has 0 saturated carbocycles. The predicted molar refractivity (Wildman–Crippen MR) is 475 cm³/mol. The Morgan fingerprint density at radius 3 is 1.17 bits per heavy atom. The summed E-state index contributed by atoms with van der Waals surface area (Å²) in [5.41, 5.74) is 22.8. The number of anilines is 11. The van der Waals surface area contributed by atoms with Crippen LogP contribution in [0, 0.1) is 0 Å². The molecule has 11 heteroatoms. The van der Waals surface area contributed by atoms with Gasteiger partial charge in [-0.1, -0.05) is 218 Å². The Morgan fingerprint density at radius 1 is 0.243 bits per heavy atom. The number of nitrogens with zero attached hydrogens (tertiary/aromatic N) is 5. The molecule has 0 spiro atoms. The number of rotatable bonds is 9. The molecule has 546 valence electrons. The third-order valence-corrected chi connectivity index (χ3v) is 22.4. The zero-order valence-corrected chi connectivity index (χ0v) is 62.6. The molecule has 6 heterocycles. The van der Waals surface area contributed by atoms with Gasteiger partial charge >= 0.3 is 0 Å². The van der Waals surface area contributed by atoms with E-state index in [1.165, 1.54) is 70.8 Å². The van der Waals surface area contributed by atoms with Crippen molar-refractivity contribution in [1.29, 1.82) is 0 Å². The first-order valence-corrected chi connectivity index (χ1v) is 38.9. The molecule has 1 N–H and O–H groups in total. The molecule has 20 aromatic rings. The molecule has 2 aromatic heterocycles. The van der Waals surface area contributed by atoms with Gasteiger partial charge in [0.2, 0.25) is 0 Å². The molecule has 0 atom stereocenters. The Morgan fingerprint density at radius 2 is 0.617 bits per heavy atom. The van der Waals surface area contributed by atoms with Gasteiger partial charge in [-0.2, -0.15) is 0 Å². The van der Waals surface area contributed by atoms with E-state index in [9.17, 15) is 0 Å². The van der Waals surface area contributed by atoms with Gasteiger partial charge in [0.05, 0.1) is 44.8 Å². The highest BCUT2D eigenvalue weighted by Crippen LogP contribution is 2.62. The summed E-state index contributed by atoms with van der Waals surface area (Å²) in [4.78, 5) is 6.86. The summed E-state index contributed by atoms with van der Waals surface area (Å²) < 4.78 is 29.8. The summed E-state index contributed by atoms with van der Waals surface area (Å²) in [6.45, 7) is 0. The number of ether oxygens (including phenoxy) is 4. The Bertz CT molecular complexity index is 7230. The van der Waals surface area contributed by atoms with Crippen LogP contribution in [-0.2, 0) is 0 Å². The summed E-state index contributed by atoms with van der Waals surface area (Å²) in [7, 11) is 0. The number of aromatic nitrogens is 2. The molecule has 24 rings (SSSR count). The van der Waals surface area contributed by atoms with Crippen LogP contribution in [0.4, 0.5) is 62.6 Å². The molecule has 0 amide bonds. The molecule has 10 nitrogen and oxygen atoms in total. The zero-order valence-electron chi connectivity index (χ0n) is 61.9. The standard InChI is InChI=1S/C52H33N3O2.C28H20N2.C24H14ClNO2.H2/c1-2-13-38(14-3-1)54-44-16-7-6-15-42(44)43-33-41(28-29-45(43)54)53(40-27-23-34-11-4-5-12-36(34)31-40)39-25-21-35(22-26-39)37-24-30-49-47(32-37)55-46-17-8-9-18-48(46)56-50-19-10-20-51(57-49)52(50)55;1-2-10-24(11-3-1)30-27-13-7-6-12-25(27)26-19-23(16-17-28(26)30)29-22-15-14-20-8-4-5-9-21(20)18-22;25-17-11-8-15(9-12-17)16-10-13-21-19(14-16)26-18-4-1-2-5-20(18)27-22-6-3-7-23(28-21)24(22)26;/h1-33H;1-19,29H;1-14H;1H/i;;;1+1.